The average Bonchev–Trinajstić information content (AvgIpc) is 2.17. The lowest BCUT2D eigenvalue weighted by atomic mass is 10.2. The van der Waals surface area contributed by atoms with E-state index in [4.69, 9.17) is 17.3 Å². The molecule has 0 aromatic heterocycles. The molecule has 0 radical (unpaired) electrons. The lowest BCUT2D eigenvalue weighted by Crippen LogP contribution is -2.19. The van der Waals surface area contributed by atoms with Crippen LogP contribution in [0.4, 0.5) is 11.4 Å². The number of rotatable bonds is 5. The Kier molecular flexibility index (Phi) is 4.76. The number of nitrogens with two attached hydrogens (primary N) is 1. The molecule has 0 aliphatic rings. The lowest BCUT2D eigenvalue weighted by Gasteiger charge is -2.21. The van der Waals surface area contributed by atoms with Gasteiger partial charge >= 0.3 is 0 Å². The first kappa shape index (κ1) is 12.2. The fourth-order valence-electron chi connectivity index (χ4n) is 1.59. The molecular weight excluding hydrogens is 208 g/mol. The largest absolute Gasteiger partial charge is 0.397 e. The minimum atomic E-state index is 0.693. The summed E-state index contributed by atoms with van der Waals surface area (Å²) >= 11 is 5.85. The van der Waals surface area contributed by atoms with Crippen molar-refractivity contribution < 1.29 is 0 Å². The molecule has 1 aromatic carbocycles. The summed E-state index contributed by atoms with van der Waals surface area (Å²) in [6, 6.07) is 5.65. The number of halogens is 1. The van der Waals surface area contributed by atoms with Crippen LogP contribution in [-0.4, -0.2) is 13.6 Å². The van der Waals surface area contributed by atoms with E-state index in [1.807, 2.05) is 12.1 Å². The van der Waals surface area contributed by atoms with Crippen LogP contribution >= 0.6 is 11.6 Å². The maximum Gasteiger partial charge on any atom is 0.0598 e. The molecule has 0 amide bonds. The molecule has 0 fully saturated rings. The van der Waals surface area contributed by atoms with Crippen LogP contribution in [0.2, 0.25) is 5.02 Å². The molecular formula is C12H19ClN2. The molecule has 0 saturated heterocycles. The van der Waals surface area contributed by atoms with Crippen molar-refractivity contribution >= 4 is 23.0 Å². The first-order valence-electron chi connectivity index (χ1n) is 5.41. The van der Waals surface area contributed by atoms with Crippen molar-refractivity contribution in [2.75, 3.05) is 24.2 Å². The summed E-state index contributed by atoms with van der Waals surface area (Å²) in [5.41, 5.74) is 7.72. The third-order valence-electron chi connectivity index (χ3n) is 2.50. The Morgan fingerprint density at radius 3 is 2.67 bits per heavy atom. The molecule has 0 atom stereocenters. The highest BCUT2D eigenvalue weighted by Gasteiger charge is 2.04. The summed E-state index contributed by atoms with van der Waals surface area (Å²) in [4.78, 5) is 2.18. The van der Waals surface area contributed by atoms with Crippen LogP contribution in [0.1, 0.15) is 26.2 Å². The molecule has 0 aliphatic heterocycles. The van der Waals surface area contributed by atoms with Crippen LogP contribution in [0.25, 0.3) is 0 Å². The second-order valence-electron chi connectivity index (χ2n) is 3.83. The summed E-state index contributed by atoms with van der Waals surface area (Å²) in [7, 11) is 2.06. The van der Waals surface area contributed by atoms with Crippen LogP contribution in [0.5, 0.6) is 0 Å². The van der Waals surface area contributed by atoms with Gasteiger partial charge in [-0.1, -0.05) is 31.4 Å². The van der Waals surface area contributed by atoms with Gasteiger partial charge in [0, 0.05) is 18.6 Å². The topological polar surface area (TPSA) is 29.3 Å². The molecule has 2 nitrogen and oxygen atoms in total. The van der Waals surface area contributed by atoms with Gasteiger partial charge in [-0.15, -0.1) is 0 Å². The predicted octanol–water partition coefficient (Wildman–Crippen LogP) is 3.55. The Morgan fingerprint density at radius 1 is 1.33 bits per heavy atom. The van der Waals surface area contributed by atoms with Gasteiger partial charge in [0.05, 0.1) is 11.4 Å². The average molecular weight is 227 g/mol. The molecule has 3 heteroatoms. The van der Waals surface area contributed by atoms with E-state index in [0.29, 0.717) is 5.02 Å². The molecule has 0 spiro atoms. The summed E-state index contributed by atoms with van der Waals surface area (Å²) in [5, 5.41) is 0.693. The van der Waals surface area contributed by atoms with Crippen LogP contribution in [0, 0.1) is 0 Å². The second kappa shape index (κ2) is 5.86. The molecule has 1 rings (SSSR count). The number of hydrogen-bond acceptors (Lipinski definition) is 2. The Morgan fingerprint density at radius 2 is 2.07 bits per heavy atom. The molecule has 15 heavy (non-hydrogen) atoms. The number of unbranched alkanes of at least 4 members (excludes halogenated alkanes) is 2. The predicted molar refractivity (Wildman–Crippen MR) is 68.7 cm³/mol. The molecule has 0 unspecified atom stereocenters. The molecule has 0 aliphatic carbocycles. The van der Waals surface area contributed by atoms with Crippen molar-refractivity contribution in [3.05, 3.63) is 23.2 Å². The molecule has 0 heterocycles. The van der Waals surface area contributed by atoms with Crippen LogP contribution in [-0.2, 0) is 0 Å². The van der Waals surface area contributed by atoms with Crippen molar-refractivity contribution in [2.45, 2.75) is 26.2 Å². The van der Waals surface area contributed by atoms with E-state index in [9.17, 15) is 0 Å². The standard InChI is InChI=1S/C12H19ClN2/c1-3-4-5-8-15(2)12-7-6-10(13)9-11(12)14/h6-7,9H,3-5,8,14H2,1-2H3. The van der Waals surface area contributed by atoms with E-state index in [-0.39, 0.29) is 0 Å². The van der Waals surface area contributed by atoms with Gasteiger partial charge in [0.1, 0.15) is 0 Å². The monoisotopic (exact) mass is 226 g/mol. The minimum Gasteiger partial charge on any atom is -0.397 e. The molecule has 1 aromatic rings. The van der Waals surface area contributed by atoms with Crippen LogP contribution < -0.4 is 10.6 Å². The first-order chi connectivity index (χ1) is 7.15. The van der Waals surface area contributed by atoms with E-state index in [1.54, 1.807) is 6.07 Å². The molecule has 2 N–H and O–H groups in total. The van der Waals surface area contributed by atoms with Gasteiger partial charge in [-0.3, -0.25) is 0 Å². The summed E-state index contributed by atoms with van der Waals surface area (Å²) in [6.45, 7) is 3.25. The highest BCUT2D eigenvalue weighted by atomic mass is 35.5. The lowest BCUT2D eigenvalue weighted by molar-refractivity contribution is 0.705. The van der Waals surface area contributed by atoms with Gasteiger partial charge in [-0.25, -0.2) is 0 Å². The molecule has 0 saturated carbocycles. The van der Waals surface area contributed by atoms with E-state index >= 15 is 0 Å². The van der Waals surface area contributed by atoms with Gasteiger partial charge in [0.25, 0.3) is 0 Å². The Balaban J connectivity index is 2.61. The van der Waals surface area contributed by atoms with Gasteiger partial charge < -0.3 is 10.6 Å². The zero-order valence-electron chi connectivity index (χ0n) is 9.46. The van der Waals surface area contributed by atoms with E-state index < -0.39 is 0 Å². The van der Waals surface area contributed by atoms with Crippen LogP contribution in [0.3, 0.4) is 0 Å². The third-order valence-corrected chi connectivity index (χ3v) is 2.73. The highest BCUT2D eigenvalue weighted by molar-refractivity contribution is 6.31. The summed E-state index contributed by atoms with van der Waals surface area (Å²) in [5.74, 6) is 0. The summed E-state index contributed by atoms with van der Waals surface area (Å²) < 4.78 is 0. The van der Waals surface area contributed by atoms with Crippen molar-refractivity contribution in [1.29, 1.82) is 0 Å². The van der Waals surface area contributed by atoms with Gasteiger partial charge in [-0.2, -0.15) is 0 Å². The number of anilines is 2. The zero-order valence-corrected chi connectivity index (χ0v) is 10.2. The number of nitrogens with zero attached hydrogens (tertiary/aromatic N) is 1. The van der Waals surface area contributed by atoms with Crippen molar-refractivity contribution in [2.24, 2.45) is 0 Å². The number of benzene rings is 1. The second-order valence-corrected chi connectivity index (χ2v) is 4.27. The summed E-state index contributed by atoms with van der Waals surface area (Å²) in [6.07, 6.45) is 3.71. The SMILES string of the molecule is CCCCCN(C)c1ccc(Cl)cc1N. The Labute approximate surface area is 97.0 Å². The number of nitrogen functional groups attached to an aromatic ring is 1. The van der Waals surface area contributed by atoms with E-state index in [1.165, 1.54) is 19.3 Å². The maximum absolute atomic E-state index is 5.90. The van der Waals surface area contributed by atoms with Crippen LogP contribution in [0.15, 0.2) is 18.2 Å². The van der Waals surface area contributed by atoms with Gasteiger partial charge in [-0.05, 0) is 24.6 Å². The quantitative estimate of drug-likeness (QED) is 0.615. The minimum absolute atomic E-state index is 0.693. The fourth-order valence-corrected chi connectivity index (χ4v) is 1.77. The van der Waals surface area contributed by atoms with Gasteiger partial charge in [0.15, 0.2) is 0 Å². The fraction of sp³-hybridized carbons (Fsp3) is 0.500. The first-order valence-corrected chi connectivity index (χ1v) is 5.79. The normalized spacial score (nSPS) is 10.3. The Hall–Kier alpha value is -0.890. The van der Waals surface area contributed by atoms with Crippen molar-refractivity contribution in [1.82, 2.24) is 0 Å². The Bertz CT molecular complexity index is 312. The molecule has 84 valence electrons. The molecule has 0 bridgehead atoms. The smallest absolute Gasteiger partial charge is 0.0598 e. The number of hydrogen-bond donors (Lipinski definition) is 1. The highest BCUT2D eigenvalue weighted by Crippen LogP contribution is 2.25. The van der Waals surface area contributed by atoms with E-state index in [0.717, 1.165) is 17.9 Å². The van der Waals surface area contributed by atoms with Gasteiger partial charge in [0.2, 0.25) is 0 Å². The zero-order chi connectivity index (χ0) is 11.3. The maximum atomic E-state index is 5.90. The van der Waals surface area contributed by atoms with E-state index in [2.05, 4.69) is 18.9 Å². The van der Waals surface area contributed by atoms with Crippen molar-refractivity contribution in [3.63, 3.8) is 0 Å². The third kappa shape index (κ3) is 3.63. The van der Waals surface area contributed by atoms with Crippen molar-refractivity contribution in [3.8, 4) is 0 Å².